The minimum absolute atomic E-state index is 0.175. The van der Waals surface area contributed by atoms with Gasteiger partial charge in [-0.25, -0.2) is 4.98 Å². The first kappa shape index (κ1) is 12.7. The molecule has 1 aliphatic rings. The Bertz CT molecular complexity index is 698. The maximum absolute atomic E-state index is 12.0. The van der Waals surface area contributed by atoms with Gasteiger partial charge in [0.25, 0.3) is 5.56 Å². The number of fused-ring (bicyclic) bond motifs is 1. The van der Waals surface area contributed by atoms with Gasteiger partial charge in [-0.2, -0.15) is 0 Å². The van der Waals surface area contributed by atoms with Crippen molar-refractivity contribution in [2.45, 2.75) is 13.0 Å². The van der Waals surface area contributed by atoms with Crippen molar-refractivity contribution in [2.24, 2.45) is 0 Å². The number of aromatic amines is 1. The summed E-state index contributed by atoms with van der Waals surface area (Å²) in [6.07, 6.45) is 0.636. The second-order valence-electron chi connectivity index (χ2n) is 4.27. The quantitative estimate of drug-likeness (QED) is 0.880. The smallest absolute Gasteiger partial charge is 0.256 e. The molecule has 3 rings (SSSR count). The molecule has 0 radical (unpaired) electrons. The van der Waals surface area contributed by atoms with Crippen molar-refractivity contribution in [2.75, 3.05) is 6.61 Å². The fraction of sp³-hybridized carbons (Fsp3) is 0.231. The third kappa shape index (κ3) is 2.39. The maximum Gasteiger partial charge on any atom is 0.256 e. The summed E-state index contributed by atoms with van der Waals surface area (Å²) in [7, 11) is 0. The molecule has 0 spiro atoms. The number of nitrogens with one attached hydrogen (secondary N) is 1. The van der Waals surface area contributed by atoms with E-state index < -0.39 is 0 Å². The van der Waals surface area contributed by atoms with E-state index in [4.69, 9.17) is 27.9 Å². The highest BCUT2D eigenvalue weighted by Crippen LogP contribution is 2.28. The van der Waals surface area contributed by atoms with Crippen LogP contribution in [0.1, 0.15) is 11.3 Å². The van der Waals surface area contributed by atoms with Crippen LogP contribution in [0.2, 0.25) is 10.0 Å². The van der Waals surface area contributed by atoms with Crippen LogP contribution in [0.3, 0.4) is 0 Å². The Morgan fingerprint density at radius 2 is 2.16 bits per heavy atom. The highest BCUT2D eigenvalue weighted by molar-refractivity contribution is 6.36. The van der Waals surface area contributed by atoms with Gasteiger partial charge in [0, 0.05) is 17.0 Å². The standard InChI is InChI=1S/C13H10Cl2N2O2/c14-7-1-2-8(10(15)5-7)12-16-11-3-4-19-6-9(11)13(18)17-12/h1-2,5H,3-4,6H2,(H,16,17,18). The van der Waals surface area contributed by atoms with Gasteiger partial charge in [0.15, 0.2) is 0 Å². The van der Waals surface area contributed by atoms with Crippen LogP contribution in [-0.2, 0) is 17.8 Å². The molecule has 0 atom stereocenters. The summed E-state index contributed by atoms with van der Waals surface area (Å²) in [6, 6.07) is 5.08. The Morgan fingerprint density at radius 1 is 1.32 bits per heavy atom. The SMILES string of the molecule is O=c1[nH]c(-c2ccc(Cl)cc2Cl)nc2c1COCC2. The molecule has 0 fully saturated rings. The van der Waals surface area contributed by atoms with Crippen LogP contribution < -0.4 is 5.56 Å². The van der Waals surface area contributed by atoms with Crippen molar-refractivity contribution in [3.05, 3.63) is 49.9 Å². The molecule has 1 aliphatic heterocycles. The zero-order valence-electron chi connectivity index (χ0n) is 9.87. The zero-order valence-corrected chi connectivity index (χ0v) is 11.4. The molecule has 4 nitrogen and oxygen atoms in total. The predicted molar refractivity (Wildman–Crippen MR) is 73.7 cm³/mol. The molecule has 19 heavy (non-hydrogen) atoms. The molecule has 0 saturated carbocycles. The molecule has 1 aromatic heterocycles. The lowest BCUT2D eigenvalue weighted by atomic mass is 10.1. The number of hydrogen-bond acceptors (Lipinski definition) is 3. The third-order valence-electron chi connectivity index (χ3n) is 3.02. The van der Waals surface area contributed by atoms with E-state index in [2.05, 4.69) is 9.97 Å². The van der Waals surface area contributed by atoms with Crippen molar-refractivity contribution in [3.63, 3.8) is 0 Å². The highest BCUT2D eigenvalue weighted by Gasteiger charge is 2.17. The second kappa shape index (κ2) is 4.96. The lowest BCUT2D eigenvalue weighted by Crippen LogP contribution is -2.24. The monoisotopic (exact) mass is 296 g/mol. The first-order valence-corrected chi connectivity index (χ1v) is 6.56. The summed E-state index contributed by atoms with van der Waals surface area (Å²) in [6.45, 7) is 0.892. The molecule has 0 amide bonds. The molecular formula is C13H10Cl2N2O2. The van der Waals surface area contributed by atoms with Crippen LogP contribution in [0.25, 0.3) is 11.4 Å². The first-order valence-electron chi connectivity index (χ1n) is 5.80. The van der Waals surface area contributed by atoms with Gasteiger partial charge in [0.1, 0.15) is 5.82 Å². The Kier molecular flexibility index (Phi) is 3.31. The van der Waals surface area contributed by atoms with E-state index in [1.807, 2.05) is 0 Å². The number of rotatable bonds is 1. The fourth-order valence-corrected chi connectivity index (χ4v) is 2.55. The largest absolute Gasteiger partial charge is 0.376 e. The highest BCUT2D eigenvalue weighted by atomic mass is 35.5. The first-order chi connectivity index (χ1) is 9.15. The van der Waals surface area contributed by atoms with E-state index in [1.165, 1.54) is 0 Å². The van der Waals surface area contributed by atoms with Crippen molar-refractivity contribution >= 4 is 23.2 Å². The minimum Gasteiger partial charge on any atom is -0.376 e. The molecule has 2 aromatic rings. The van der Waals surface area contributed by atoms with E-state index in [0.29, 0.717) is 46.6 Å². The van der Waals surface area contributed by atoms with Crippen molar-refractivity contribution in [3.8, 4) is 11.4 Å². The van der Waals surface area contributed by atoms with Gasteiger partial charge in [-0.05, 0) is 18.2 Å². The molecule has 0 saturated heterocycles. The van der Waals surface area contributed by atoms with Gasteiger partial charge < -0.3 is 9.72 Å². The number of hydrogen-bond donors (Lipinski definition) is 1. The molecule has 0 aliphatic carbocycles. The lowest BCUT2D eigenvalue weighted by Gasteiger charge is -2.15. The summed E-state index contributed by atoms with van der Waals surface area (Å²) in [4.78, 5) is 19.2. The number of halogens is 2. The van der Waals surface area contributed by atoms with Crippen molar-refractivity contribution < 1.29 is 4.74 Å². The average Bonchev–Trinajstić information content (AvgIpc) is 2.38. The topological polar surface area (TPSA) is 55.0 Å². The number of ether oxygens (including phenoxy) is 1. The average molecular weight is 297 g/mol. The van der Waals surface area contributed by atoms with Gasteiger partial charge in [-0.1, -0.05) is 23.2 Å². The maximum atomic E-state index is 12.0. The van der Waals surface area contributed by atoms with E-state index >= 15 is 0 Å². The normalized spacial score (nSPS) is 14.2. The molecule has 0 unspecified atom stereocenters. The van der Waals surface area contributed by atoms with E-state index in [9.17, 15) is 4.79 Å². The van der Waals surface area contributed by atoms with Crippen LogP contribution in [0, 0.1) is 0 Å². The zero-order chi connectivity index (χ0) is 13.4. The number of nitrogens with zero attached hydrogens (tertiary/aromatic N) is 1. The molecule has 1 aromatic carbocycles. The van der Waals surface area contributed by atoms with E-state index in [0.717, 1.165) is 5.69 Å². The molecule has 1 N–H and O–H groups in total. The summed E-state index contributed by atoms with van der Waals surface area (Å²) in [5, 5.41) is 1.00. The second-order valence-corrected chi connectivity index (χ2v) is 5.11. The van der Waals surface area contributed by atoms with E-state index in [1.54, 1.807) is 18.2 Å². The summed E-state index contributed by atoms with van der Waals surface area (Å²) in [5.74, 6) is 0.465. The van der Waals surface area contributed by atoms with Crippen LogP contribution in [0.15, 0.2) is 23.0 Å². The van der Waals surface area contributed by atoms with Crippen LogP contribution in [-0.4, -0.2) is 16.6 Å². The molecule has 2 heterocycles. The van der Waals surface area contributed by atoms with Crippen molar-refractivity contribution in [1.82, 2.24) is 9.97 Å². The van der Waals surface area contributed by atoms with Crippen LogP contribution in [0.5, 0.6) is 0 Å². The van der Waals surface area contributed by atoms with Crippen LogP contribution >= 0.6 is 23.2 Å². The molecule has 98 valence electrons. The Morgan fingerprint density at radius 3 is 2.95 bits per heavy atom. The number of aromatic nitrogens is 2. The van der Waals surface area contributed by atoms with Crippen molar-refractivity contribution in [1.29, 1.82) is 0 Å². The van der Waals surface area contributed by atoms with Gasteiger partial charge in [0.05, 0.1) is 29.5 Å². The molecule has 0 bridgehead atoms. The minimum atomic E-state index is -0.175. The molecule has 6 heteroatoms. The molecular weight excluding hydrogens is 287 g/mol. The predicted octanol–water partition coefficient (Wildman–Crippen LogP) is 2.82. The van der Waals surface area contributed by atoms with Gasteiger partial charge in [-0.3, -0.25) is 4.79 Å². The number of H-pyrrole nitrogens is 1. The fourth-order valence-electron chi connectivity index (χ4n) is 2.05. The Balaban J connectivity index is 2.15. The Hall–Kier alpha value is -1.36. The third-order valence-corrected chi connectivity index (χ3v) is 3.56. The summed E-state index contributed by atoms with van der Waals surface area (Å²) < 4.78 is 5.26. The number of benzene rings is 1. The summed E-state index contributed by atoms with van der Waals surface area (Å²) >= 11 is 12.0. The van der Waals surface area contributed by atoms with Gasteiger partial charge in [-0.15, -0.1) is 0 Å². The Labute approximate surface area is 119 Å². The van der Waals surface area contributed by atoms with Gasteiger partial charge in [0.2, 0.25) is 0 Å². The van der Waals surface area contributed by atoms with Gasteiger partial charge >= 0.3 is 0 Å². The summed E-state index contributed by atoms with van der Waals surface area (Å²) in [5.41, 5.74) is 1.86. The lowest BCUT2D eigenvalue weighted by molar-refractivity contribution is 0.108. The van der Waals surface area contributed by atoms with Crippen LogP contribution in [0.4, 0.5) is 0 Å². The van der Waals surface area contributed by atoms with E-state index in [-0.39, 0.29) is 5.56 Å².